The fourth-order valence-corrected chi connectivity index (χ4v) is 3.89. The first-order chi connectivity index (χ1) is 13.7. The van der Waals surface area contributed by atoms with Crippen LogP contribution in [0.3, 0.4) is 0 Å². The normalized spacial score (nSPS) is 11.1. The van der Waals surface area contributed by atoms with Crippen LogP contribution in [0.5, 0.6) is 0 Å². The third-order valence-corrected chi connectivity index (χ3v) is 5.14. The summed E-state index contributed by atoms with van der Waals surface area (Å²) >= 11 is 0. The van der Waals surface area contributed by atoms with Gasteiger partial charge in [-0.15, -0.1) is 0 Å². The van der Waals surface area contributed by atoms with E-state index in [0.29, 0.717) is 10.9 Å². The molecule has 0 radical (unpaired) electrons. The highest BCUT2D eigenvalue weighted by molar-refractivity contribution is 6.04. The maximum atomic E-state index is 12.0. The Morgan fingerprint density at radius 3 is 2.29 bits per heavy atom. The number of rotatable bonds is 3. The molecule has 4 nitrogen and oxygen atoms in total. The summed E-state index contributed by atoms with van der Waals surface area (Å²) in [6.45, 7) is 0. The molecule has 0 unspecified atom stereocenters. The second-order valence-electron chi connectivity index (χ2n) is 6.70. The van der Waals surface area contributed by atoms with Crippen molar-refractivity contribution in [2.45, 2.75) is 0 Å². The summed E-state index contributed by atoms with van der Waals surface area (Å²) in [5.74, 6) is 0. The quantitative estimate of drug-likeness (QED) is 0.276. The SMILES string of the molecule is O=[N+]([O-])c1c(-c2cccc3c2ccn3-c2ccccc2)ccc2ccccc12. The highest BCUT2D eigenvalue weighted by atomic mass is 16.6. The van der Waals surface area contributed by atoms with Crippen molar-refractivity contribution in [1.29, 1.82) is 0 Å². The molecule has 0 aliphatic heterocycles. The molecule has 0 aliphatic rings. The van der Waals surface area contributed by atoms with Crippen LogP contribution in [-0.2, 0) is 0 Å². The number of benzene rings is 4. The molecule has 5 aromatic rings. The van der Waals surface area contributed by atoms with Gasteiger partial charge in [0.15, 0.2) is 0 Å². The van der Waals surface area contributed by atoms with Gasteiger partial charge >= 0.3 is 0 Å². The number of hydrogen-bond donors (Lipinski definition) is 0. The molecule has 0 aliphatic carbocycles. The van der Waals surface area contributed by atoms with Crippen LogP contribution < -0.4 is 0 Å². The Bertz CT molecular complexity index is 1340. The van der Waals surface area contributed by atoms with E-state index in [1.165, 1.54) is 0 Å². The lowest BCUT2D eigenvalue weighted by Gasteiger charge is -2.10. The van der Waals surface area contributed by atoms with Gasteiger partial charge < -0.3 is 4.57 Å². The van der Waals surface area contributed by atoms with Gasteiger partial charge in [-0.05, 0) is 47.3 Å². The molecule has 134 valence electrons. The first-order valence-electron chi connectivity index (χ1n) is 9.06. The van der Waals surface area contributed by atoms with E-state index in [-0.39, 0.29) is 10.6 Å². The average Bonchev–Trinajstić information content (AvgIpc) is 3.17. The van der Waals surface area contributed by atoms with E-state index in [0.717, 1.165) is 27.5 Å². The van der Waals surface area contributed by atoms with Crippen molar-refractivity contribution in [2.24, 2.45) is 0 Å². The molecule has 4 heteroatoms. The average molecular weight is 364 g/mol. The molecule has 0 atom stereocenters. The Kier molecular flexibility index (Phi) is 3.69. The number of aromatic nitrogens is 1. The van der Waals surface area contributed by atoms with Gasteiger partial charge in [0.1, 0.15) is 0 Å². The van der Waals surface area contributed by atoms with Gasteiger partial charge in [-0.3, -0.25) is 10.1 Å². The van der Waals surface area contributed by atoms with Crippen molar-refractivity contribution >= 4 is 27.4 Å². The monoisotopic (exact) mass is 364 g/mol. The molecule has 0 amide bonds. The second kappa shape index (κ2) is 6.35. The Hall–Kier alpha value is -3.92. The zero-order valence-corrected chi connectivity index (χ0v) is 14.9. The fourth-order valence-electron chi connectivity index (χ4n) is 3.89. The topological polar surface area (TPSA) is 48.1 Å². The summed E-state index contributed by atoms with van der Waals surface area (Å²) < 4.78 is 2.10. The van der Waals surface area contributed by atoms with E-state index in [1.807, 2.05) is 97.2 Å². The van der Waals surface area contributed by atoms with Gasteiger partial charge in [0.25, 0.3) is 5.69 Å². The lowest BCUT2D eigenvalue weighted by atomic mass is 9.96. The van der Waals surface area contributed by atoms with Crippen LogP contribution in [0.4, 0.5) is 5.69 Å². The van der Waals surface area contributed by atoms with Crippen molar-refractivity contribution < 1.29 is 4.92 Å². The van der Waals surface area contributed by atoms with Gasteiger partial charge in [0.2, 0.25) is 0 Å². The zero-order valence-electron chi connectivity index (χ0n) is 14.9. The van der Waals surface area contributed by atoms with Crippen LogP contribution >= 0.6 is 0 Å². The van der Waals surface area contributed by atoms with Gasteiger partial charge in [-0.2, -0.15) is 0 Å². The molecular weight excluding hydrogens is 348 g/mol. The lowest BCUT2D eigenvalue weighted by Crippen LogP contribution is -1.95. The van der Waals surface area contributed by atoms with E-state index >= 15 is 0 Å². The van der Waals surface area contributed by atoms with E-state index < -0.39 is 0 Å². The molecule has 0 fully saturated rings. The van der Waals surface area contributed by atoms with E-state index in [2.05, 4.69) is 4.57 Å². The van der Waals surface area contributed by atoms with Crippen LogP contribution in [-0.4, -0.2) is 9.49 Å². The van der Waals surface area contributed by atoms with Gasteiger partial charge in [0.05, 0.1) is 21.4 Å². The largest absolute Gasteiger partial charge is 0.317 e. The number of hydrogen-bond acceptors (Lipinski definition) is 2. The lowest BCUT2D eigenvalue weighted by molar-refractivity contribution is -0.382. The van der Waals surface area contributed by atoms with Crippen LogP contribution in [0.1, 0.15) is 0 Å². The molecule has 0 saturated carbocycles. The summed E-state index contributed by atoms with van der Waals surface area (Å²) in [7, 11) is 0. The Labute approximate surface area is 161 Å². The molecule has 1 aromatic heterocycles. The van der Waals surface area contributed by atoms with Crippen LogP contribution in [0.15, 0.2) is 97.2 Å². The number of para-hydroxylation sites is 1. The van der Waals surface area contributed by atoms with Crippen molar-refractivity contribution in [3.63, 3.8) is 0 Å². The summed E-state index contributed by atoms with van der Waals surface area (Å²) in [6.07, 6.45) is 2.01. The van der Waals surface area contributed by atoms with E-state index in [9.17, 15) is 10.1 Å². The smallest absolute Gasteiger partial charge is 0.284 e. The minimum atomic E-state index is -0.273. The molecule has 28 heavy (non-hydrogen) atoms. The number of nitro benzene ring substituents is 1. The van der Waals surface area contributed by atoms with Crippen LogP contribution in [0, 0.1) is 10.1 Å². The summed E-state index contributed by atoms with van der Waals surface area (Å²) in [5.41, 5.74) is 3.73. The Morgan fingerprint density at radius 2 is 1.46 bits per heavy atom. The van der Waals surface area contributed by atoms with Crippen molar-refractivity contribution in [1.82, 2.24) is 4.57 Å². The number of nitro groups is 1. The predicted molar refractivity (Wildman–Crippen MR) is 113 cm³/mol. The highest BCUT2D eigenvalue weighted by Gasteiger charge is 2.21. The number of nitrogens with zero attached hydrogens (tertiary/aromatic N) is 2. The van der Waals surface area contributed by atoms with E-state index in [4.69, 9.17) is 0 Å². The van der Waals surface area contributed by atoms with Gasteiger partial charge in [-0.1, -0.05) is 54.6 Å². The second-order valence-corrected chi connectivity index (χ2v) is 6.70. The Balaban J connectivity index is 1.80. The van der Waals surface area contributed by atoms with Crippen LogP contribution in [0.2, 0.25) is 0 Å². The molecule has 0 spiro atoms. The minimum absolute atomic E-state index is 0.151. The summed E-state index contributed by atoms with van der Waals surface area (Å²) in [5, 5.41) is 14.5. The fraction of sp³-hybridized carbons (Fsp3) is 0. The first-order valence-corrected chi connectivity index (χ1v) is 9.06. The first kappa shape index (κ1) is 16.3. The molecule has 5 rings (SSSR count). The third kappa shape index (κ3) is 2.47. The Morgan fingerprint density at radius 1 is 0.679 bits per heavy atom. The maximum absolute atomic E-state index is 12.0. The molecule has 1 heterocycles. The van der Waals surface area contributed by atoms with Crippen molar-refractivity contribution in [2.75, 3.05) is 0 Å². The van der Waals surface area contributed by atoms with E-state index in [1.54, 1.807) is 0 Å². The van der Waals surface area contributed by atoms with Crippen molar-refractivity contribution in [3.05, 3.63) is 107 Å². The molecular formula is C24H16N2O2. The minimum Gasteiger partial charge on any atom is -0.317 e. The molecule has 0 N–H and O–H groups in total. The zero-order chi connectivity index (χ0) is 19.1. The molecule has 0 bridgehead atoms. The number of fused-ring (bicyclic) bond motifs is 2. The standard InChI is InChI=1S/C24H16N2O2/c27-26(28)24-19-10-5-4-7-17(19)13-14-22(24)20-11-6-12-23-21(20)15-16-25(23)18-8-2-1-3-9-18/h1-16H. The van der Waals surface area contributed by atoms with Crippen LogP contribution in [0.25, 0.3) is 38.5 Å². The van der Waals surface area contributed by atoms with Gasteiger partial charge in [0, 0.05) is 17.3 Å². The highest BCUT2D eigenvalue weighted by Crippen LogP contribution is 2.40. The molecule has 4 aromatic carbocycles. The van der Waals surface area contributed by atoms with Gasteiger partial charge in [-0.25, -0.2) is 0 Å². The predicted octanol–water partition coefficient (Wildman–Crippen LogP) is 6.36. The third-order valence-electron chi connectivity index (χ3n) is 5.14. The summed E-state index contributed by atoms with van der Waals surface area (Å²) in [4.78, 5) is 11.7. The van der Waals surface area contributed by atoms with Crippen molar-refractivity contribution in [3.8, 4) is 16.8 Å². The summed E-state index contributed by atoms with van der Waals surface area (Å²) in [6, 6.07) is 29.3. The maximum Gasteiger partial charge on any atom is 0.284 e. The molecule has 0 saturated heterocycles.